The molecule has 0 saturated heterocycles. The summed E-state index contributed by atoms with van der Waals surface area (Å²) in [5, 5.41) is 0. The van der Waals surface area contributed by atoms with Crippen molar-refractivity contribution in [1.82, 2.24) is 9.97 Å². The Morgan fingerprint density at radius 2 is 1.95 bits per heavy atom. The molecule has 0 spiro atoms. The van der Waals surface area contributed by atoms with Crippen molar-refractivity contribution in [3.05, 3.63) is 41.1 Å². The molecule has 100 valence electrons. The van der Waals surface area contributed by atoms with Crippen LogP contribution in [-0.2, 0) is 6.42 Å². The maximum Gasteiger partial charge on any atom is 0.162 e. The van der Waals surface area contributed by atoms with Crippen molar-refractivity contribution in [2.75, 3.05) is 5.43 Å². The van der Waals surface area contributed by atoms with Crippen LogP contribution in [0.15, 0.2) is 24.3 Å². The average Bonchev–Trinajstić information content (AvgIpc) is 2.38. The zero-order valence-electron chi connectivity index (χ0n) is 11.7. The molecule has 1 aromatic heterocycles. The quantitative estimate of drug-likeness (QED) is 0.652. The molecule has 0 aliphatic rings. The number of rotatable bonds is 4. The van der Waals surface area contributed by atoms with Gasteiger partial charge in [-0.3, -0.25) is 0 Å². The molecule has 0 amide bonds. The zero-order valence-corrected chi connectivity index (χ0v) is 11.7. The van der Waals surface area contributed by atoms with Gasteiger partial charge in [0.05, 0.1) is 0 Å². The average molecular weight is 256 g/mol. The minimum Gasteiger partial charge on any atom is -0.308 e. The van der Waals surface area contributed by atoms with Crippen molar-refractivity contribution < 1.29 is 0 Å². The van der Waals surface area contributed by atoms with Gasteiger partial charge >= 0.3 is 0 Å². The Labute approximate surface area is 114 Å². The molecular weight excluding hydrogens is 236 g/mol. The van der Waals surface area contributed by atoms with Crippen molar-refractivity contribution in [3.63, 3.8) is 0 Å². The second-order valence-corrected chi connectivity index (χ2v) is 4.78. The maximum atomic E-state index is 5.48. The standard InChI is InChI=1S/C15H20N4/c1-4-5-12-9-14(19-16)18-15(17-12)13-7-6-10(2)8-11(13)3/h6-9H,4-5,16H2,1-3H3,(H,17,18,19). The zero-order chi connectivity index (χ0) is 13.8. The van der Waals surface area contributed by atoms with E-state index in [-0.39, 0.29) is 0 Å². The molecule has 1 heterocycles. The molecule has 0 aliphatic carbocycles. The number of nitrogens with zero attached hydrogens (tertiary/aromatic N) is 2. The molecule has 2 aromatic rings. The van der Waals surface area contributed by atoms with Crippen LogP contribution >= 0.6 is 0 Å². The summed E-state index contributed by atoms with van der Waals surface area (Å²) < 4.78 is 0. The van der Waals surface area contributed by atoms with Gasteiger partial charge in [-0.2, -0.15) is 0 Å². The lowest BCUT2D eigenvalue weighted by Gasteiger charge is -2.09. The van der Waals surface area contributed by atoms with E-state index in [1.54, 1.807) is 0 Å². The fourth-order valence-corrected chi connectivity index (χ4v) is 2.14. The van der Waals surface area contributed by atoms with E-state index in [0.29, 0.717) is 5.82 Å². The van der Waals surface area contributed by atoms with E-state index in [0.717, 1.165) is 29.9 Å². The van der Waals surface area contributed by atoms with E-state index in [9.17, 15) is 0 Å². The number of aromatic nitrogens is 2. The van der Waals surface area contributed by atoms with Crippen molar-refractivity contribution in [3.8, 4) is 11.4 Å². The lowest BCUT2D eigenvalue weighted by molar-refractivity contribution is 0.875. The molecule has 4 heteroatoms. The maximum absolute atomic E-state index is 5.48. The Balaban J connectivity index is 2.51. The van der Waals surface area contributed by atoms with Crippen LogP contribution in [0.1, 0.15) is 30.2 Å². The summed E-state index contributed by atoms with van der Waals surface area (Å²) in [7, 11) is 0. The largest absolute Gasteiger partial charge is 0.308 e. The number of hydrogen-bond acceptors (Lipinski definition) is 4. The van der Waals surface area contributed by atoms with Crippen LogP contribution in [0.4, 0.5) is 5.82 Å². The number of nitrogen functional groups attached to an aromatic ring is 1. The molecule has 0 atom stereocenters. The fraction of sp³-hybridized carbons (Fsp3) is 0.333. The summed E-state index contributed by atoms with van der Waals surface area (Å²) in [6, 6.07) is 8.18. The summed E-state index contributed by atoms with van der Waals surface area (Å²) in [6.45, 7) is 6.29. The monoisotopic (exact) mass is 256 g/mol. The second-order valence-electron chi connectivity index (χ2n) is 4.78. The normalized spacial score (nSPS) is 10.5. The number of hydrogen-bond donors (Lipinski definition) is 2. The lowest BCUT2D eigenvalue weighted by Crippen LogP contribution is -2.10. The van der Waals surface area contributed by atoms with Crippen LogP contribution < -0.4 is 11.3 Å². The van der Waals surface area contributed by atoms with Crippen LogP contribution in [0.5, 0.6) is 0 Å². The van der Waals surface area contributed by atoms with Crippen molar-refractivity contribution >= 4 is 5.82 Å². The predicted molar refractivity (Wildman–Crippen MR) is 78.7 cm³/mol. The highest BCUT2D eigenvalue weighted by Gasteiger charge is 2.08. The molecule has 2 rings (SSSR count). The molecule has 0 bridgehead atoms. The van der Waals surface area contributed by atoms with Gasteiger partial charge in [-0.25, -0.2) is 15.8 Å². The minimum atomic E-state index is 0.661. The first kappa shape index (κ1) is 13.5. The first-order valence-corrected chi connectivity index (χ1v) is 6.56. The molecule has 0 unspecified atom stereocenters. The van der Waals surface area contributed by atoms with Gasteiger partial charge in [0.1, 0.15) is 5.82 Å². The van der Waals surface area contributed by atoms with Crippen molar-refractivity contribution in [2.24, 2.45) is 5.84 Å². The summed E-state index contributed by atoms with van der Waals surface area (Å²) in [5.41, 5.74) is 7.10. The van der Waals surface area contributed by atoms with E-state index in [1.807, 2.05) is 6.07 Å². The Kier molecular flexibility index (Phi) is 4.12. The Hall–Kier alpha value is -1.94. The van der Waals surface area contributed by atoms with E-state index >= 15 is 0 Å². The van der Waals surface area contributed by atoms with Crippen LogP contribution in [0, 0.1) is 13.8 Å². The lowest BCUT2D eigenvalue weighted by atomic mass is 10.0. The molecule has 0 aliphatic heterocycles. The van der Waals surface area contributed by atoms with Crippen LogP contribution in [0.3, 0.4) is 0 Å². The van der Waals surface area contributed by atoms with Gasteiger partial charge in [0, 0.05) is 17.3 Å². The SMILES string of the molecule is CCCc1cc(NN)nc(-c2ccc(C)cc2C)n1. The first-order chi connectivity index (χ1) is 9.13. The van der Waals surface area contributed by atoms with Gasteiger partial charge in [-0.1, -0.05) is 37.1 Å². The van der Waals surface area contributed by atoms with Crippen LogP contribution in [0.2, 0.25) is 0 Å². The van der Waals surface area contributed by atoms with Gasteiger partial charge in [-0.15, -0.1) is 0 Å². The summed E-state index contributed by atoms with van der Waals surface area (Å²) in [5.74, 6) is 6.88. The van der Waals surface area contributed by atoms with Gasteiger partial charge in [0.15, 0.2) is 5.82 Å². The Morgan fingerprint density at radius 1 is 1.16 bits per heavy atom. The number of aryl methyl sites for hydroxylation is 3. The van der Waals surface area contributed by atoms with Gasteiger partial charge in [0.25, 0.3) is 0 Å². The molecule has 3 N–H and O–H groups in total. The Morgan fingerprint density at radius 3 is 2.58 bits per heavy atom. The number of benzene rings is 1. The van der Waals surface area contributed by atoms with Crippen LogP contribution in [0.25, 0.3) is 11.4 Å². The van der Waals surface area contributed by atoms with Gasteiger partial charge in [-0.05, 0) is 25.8 Å². The highest BCUT2D eigenvalue weighted by atomic mass is 15.3. The third-order valence-corrected chi connectivity index (χ3v) is 3.06. The van der Waals surface area contributed by atoms with Crippen molar-refractivity contribution in [2.45, 2.75) is 33.6 Å². The molecule has 1 aromatic carbocycles. The van der Waals surface area contributed by atoms with E-state index in [1.165, 1.54) is 11.1 Å². The number of nitrogens with two attached hydrogens (primary N) is 1. The van der Waals surface area contributed by atoms with Crippen LogP contribution in [-0.4, -0.2) is 9.97 Å². The highest BCUT2D eigenvalue weighted by Crippen LogP contribution is 2.23. The summed E-state index contributed by atoms with van der Waals surface area (Å²) in [4.78, 5) is 9.07. The molecule has 19 heavy (non-hydrogen) atoms. The molecule has 0 saturated carbocycles. The minimum absolute atomic E-state index is 0.661. The van der Waals surface area contributed by atoms with Gasteiger partial charge in [0.2, 0.25) is 0 Å². The van der Waals surface area contributed by atoms with E-state index in [4.69, 9.17) is 5.84 Å². The molecular formula is C15H20N4. The molecule has 4 nitrogen and oxygen atoms in total. The third kappa shape index (κ3) is 3.09. The second kappa shape index (κ2) is 5.80. The van der Waals surface area contributed by atoms with Gasteiger partial charge < -0.3 is 5.43 Å². The summed E-state index contributed by atoms with van der Waals surface area (Å²) in [6.07, 6.45) is 1.97. The topological polar surface area (TPSA) is 63.8 Å². The fourth-order valence-electron chi connectivity index (χ4n) is 2.14. The molecule has 0 fully saturated rings. The summed E-state index contributed by atoms with van der Waals surface area (Å²) >= 11 is 0. The third-order valence-electron chi connectivity index (χ3n) is 3.06. The van der Waals surface area contributed by atoms with Crippen molar-refractivity contribution in [1.29, 1.82) is 0 Å². The smallest absolute Gasteiger partial charge is 0.162 e. The molecule has 0 radical (unpaired) electrons. The first-order valence-electron chi connectivity index (χ1n) is 6.56. The van der Waals surface area contributed by atoms with E-state index in [2.05, 4.69) is 54.4 Å². The Bertz CT molecular complexity index is 578. The predicted octanol–water partition coefficient (Wildman–Crippen LogP) is 3.00. The van der Waals surface area contributed by atoms with E-state index < -0.39 is 0 Å². The number of anilines is 1. The number of nitrogens with one attached hydrogen (secondary N) is 1. The highest BCUT2D eigenvalue weighted by molar-refractivity contribution is 5.62. The number of hydrazine groups is 1.